The maximum atomic E-state index is 12.5. The van der Waals surface area contributed by atoms with Gasteiger partial charge in [-0.2, -0.15) is 18.4 Å². The Hall–Kier alpha value is -2.77. The van der Waals surface area contributed by atoms with Gasteiger partial charge >= 0.3 is 6.18 Å². The smallest absolute Gasteiger partial charge is 0.264 e. The number of alkyl halides is 3. The van der Waals surface area contributed by atoms with Crippen LogP contribution in [0.1, 0.15) is 16.7 Å². The van der Waals surface area contributed by atoms with Gasteiger partial charge in [-0.3, -0.25) is 4.98 Å². The number of benzene rings is 1. The fourth-order valence-corrected chi connectivity index (χ4v) is 2.26. The average molecular weight is 319 g/mol. The van der Waals surface area contributed by atoms with Crippen molar-refractivity contribution in [2.24, 2.45) is 0 Å². The number of aromatic nitrogens is 5. The van der Waals surface area contributed by atoms with Gasteiger partial charge in [-0.05, 0) is 47.4 Å². The lowest BCUT2D eigenvalue weighted by molar-refractivity contribution is -0.137. The molecule has 5 nitrogen and oxygen atoms in total. The van der Waals surface area contributed by atoms with Crippen molar-refractivity contribution in [1.82, 2.24) is 25.6 Å². The maximum absolute atomic E-state index is 12.5. The Balaban J connectivity index is 1.74. The molecule has 0 saturated carbocycles. The molecule has 1 aromatic carbocycles. The van der Waals surface area contributed by atoms with Gasteiger partial charge in [-0.1, -0.05) is 12.1 Å². The fraction of sp³-hybridized carbons (Fsp3) is 0.200. The van der Waals surface area contributed by atoms with E-state index in [1.165, 1.54) is 12.1 Å². The summed E-state index contributed by atoms with van der Waals surface area (Å²) in [4.78, 5) is 4.08. The molecular weight excluding hydrogens is 307 g/mol. The second-order valence-corrected chi connectivity index (χ2v) is 4.96. The summed E-state index contributed by atoms with van der Waals surface area (Å²) in [6.45, 7) is 0. The van der Waals surface area contributed by atoms with Gasteiger partial charge in [-0.25, -0.2) is 0 Å². The summed E-state index contributed by atoms with van der Waals surface area (Å²) >= 11 is 0. The lowest BCUT2D eigenvalue weighted by atomic mass is 10.0. The van der Waals surface area contributed by atoms with Crippen molar-refractivity contribution in [2.45, 2.75) is 19.0 Å². The first kappa shape index (κ1) is 15.1. The molecule has 0 bridgehead atoms. The second-order valence-electron chi connectivity index (χ2n) is 4.96. The van der Waals surface area contributed by atoms with Crippen LogP contribution in [0, 0.1) is 0 Å². The van der Waals surface area contributed by atoms with E-state index in [4.69, 9.17) is 0 Å². The van der Waals surface area contributed by atoms with Crippen LogP contribution in [0.4, 0.5) is 13.2 Å². The highest BCUT2D eigenvalue weighted by Gasteiger charge is 2.29. The third-order valence-corrected chi connectivity index (χ3v) is 3.45. The van der Waals surface area contributed by atoms with E-state index in [0.717, 1.165) is 28.8 Å². The van der Waals surface area contributed by atoms with Crippen LogP contribution in [0.5, 0.6) is 0 Å². The normalized spacial score (nSPS) is 11.6. The number of tetrazole rings is 1. The predicted octanol–water partition coefficient (Wildman–Crippen LogP) is 3.07. The molecule has 1 N–H and O–H groups in total. The minimum atomic E-state index is -4.31. The fourth-order valence-electron chi connectivity index (χ4n) is 2.26. The molecule has 0 fully saturated rings. The summed E-state index contributed by atoms with van der Waals surface area (Å²) in [5.41, 5.74) is 1.89. The Morgan fingerprint density at radius 3 is 2.43 bits per heavy atom. The minimum absolute atomic E-state index is 0.467. The third kappa shape index (κ3) is 3.53. The number of pyridine rings is 1. The van der Waals surface area contributed by atoms with Crippen molar-refractivity contribution in [3.8, 4) is 11.4 Å². The van der Waals surface area contributed by atoms with Crippen LogP contribution in [-0.4, -0.2) is 25.6 Å². The molecule has 118 valence electrons. The first-order valence-corrected chi connectivity index (χ1v) is 6.87. The minimum Gasteiger partial charge on any atom is -0.264 e. The van der Waals surface area contributed by atoms with Gasteiger partial charge in [0.1, 0.15) is 0 Å². The highest BCUT2D eigenvalue weighted by atomic mass is 19.4. The molecular formula is C15H12F3N5. The quantitative estimate of drug-likeness (QED) is 0.802. The zero-order valence-corrected chi connectivity index (χ0v) is 11.9. The summed E-state index contributed by atoms with van der Waals surface area (Å²) in [6, 6.07) is 6.96. The Labute approximate surface area is 129 Å². The van der Waals surface area contributed by atoms with Gasteiger partial charge in [0, 0.05) is 18.0 Å². The lowest BCUT2D eigenvalue weighted by Gasteiger charge is -2.08. The Morgan fingerprint density at radius 2 is 1.78 bits per heavy atom. The van der Waals surface area contributed by atoms with E-state index >= 15 is 0 Å². The van der Waals surface area contributed by atoms with Crippen LogP contribution in [0.3, 0.4) is 0 Å². The number of aromatic amines is 1. The highest BCUT2D eigenvalue weighted by molar-refractivity contribution is 5.58. The first-order chi connectivity index (χ1) is 11.0. The molecule has 2 aromatic heterocycles. The van der Waals surface area contributed by atoms with Gasteiger partial charge in [0.15, 0.2) is 0 Å². The number of H-pyrrole nitrogens is 1. The Morgan fingerprint density at radius 1 is 1.00 bits per heavy atom. The molecule has 0 aliphatic heterocycles. The molecule has 23 heavy (non-hydrogen) atoms. The number of halogens is 3. The SMILES string of the molecule is FC(F)(F)c1ccc(CCc2cnccc2-c2nn[nH]n2)cc1. The molecule has 0 aliphatic rings. The topological polar surface area (TPSA) is 67.3 Å². The molecule has 3 aromatic rings. The molecule has 0 radical (unpaired) electrons. The Kier molecular flexibility index (Phi) is 4.05. The number of aryl methyl sites for hydroxylation is 2. The summed E-state index contributed by atoms with van der Waals surface area (Å²) in [5.74, 6) is 0.467. The van der Waals surface area contributed by atoms with E-state index in [1.807, 2.05) is 0 Å². The molecule has 2 heterocycles. The number of nitrogens with one attached hydrogen (secondary N) is 1. The van der Waals surface area contributed by atoms with Crippen LogP contribution >= 0.6 is 0 Å². The molecule has 0 atom stereocenters. The number of rotatable bonds is 4. The Bertz CT molecular complexity index is 767. The number of nitrogens with zero attached hydrogens (tertiary/aromatic N) is 4. The summed E-state index contributed by atoms with van der Waals surface area (Å²) < 4.78 is 37.6. The third-order valence-electron chi connectivity index (χ3n) is 3.45. The predicted molar refractivity (Wildman–Crippen MR) is 76.3 cm³/mol. The van der Waals surface area contributed by atoms with E-state index in [2.05, 4.69) is 25.6 Å². The lowest BCUT2D eigenvalue weighted by Crippen LogP contribution is -2.04. The zero-order valence-electron chi connectivity index (χ0n) is 11.9. The standard InChI is InChI=1S/C15H12F3N5/c16-15(17,18)12-5-2-10(3-6-12)1-4-11-9-19-8-7-13(11)14-20-22-23-21-14/h2-3,5-9H,1,4H2,(H,20,21,22,23). The first-order valence-electron chi connectivity index (χ1n) is 6.87. The van der Waals surface area contributed by atoms with Crippen molar-refractivity contribution < 1.29 is 13.2 Å². The molecule has 0 amide bonds. The van der Waals surface area contributed by atoms with Crippen LogP contribution in [-0.2, 0) is 19.0 Å². The van der Waals surface area contributed by atoms with Crippen LogP contribution < -0.4 is 0 Å². The van der Waals surface area contributed by atoms with E-state index < -0.39 is 11.7 Å². The molecule has 0 aliphatic carbocycles. The van der Waals surface area contributed by atoms with Crippen LogP contribution in [0.25, 0.3) is 11.4 Å². The van der Waals surface area contributed by atoms with Gasteiger partial charge in [0.2, 0.25) is 5.82 Å². The van der Waals surface area contributed by atoms with Crippen molar-refractivity contribution in [3.63, 3.8) is 0 Å². The van der Waals surface area contributed by atoms with Crippen molar-refractivity contribution >= 4 is 0 Å². The maximum Gasteiger partial charge on any atom is 0.416 e. The van der Waals surface area contributed by atoms with Gasteiger partial charge in [0.05, 0.1) is 5.56 Å². The van der Waals surface area contributed by atoms with E-state index in [1.54, 1.807) is 18.5 Å². The monoisotopic (exact) mass is 319 g/mol. The zero-order chi connectivity index (χ0) is 16.3. The van der Waals surface area contributed by atoms with Crippen molar-refractivity contribution in [1.29, 1.82) is 0 Å². The average Bonchev–Trinajstić information content (AvgIpc) is 3.07. The molecule has 0 saturated heterocycles. The van der Waals surface area contributed by atoms with Crippen LogP contribution in [0.2, 0.25) is 0 Å². The van der Waals surface area contributed by atoms with Crippen LogP contribution in [0.15, 0.2) is 42.7 Å². The van der Waals surface area contributed by atoms with E-state index in [-0.39, 0.29) is 0 Å². The van der Waals surface area contributed by atoms with E-state index in [9.17, 15) is 13.2 Å². The van der Waals surface area contributed by atoms with E-state index in [0.29, 0.717) is 18.7 Å². The molecule has 8 heteroatoms. The summed E-state index contributed by atoms with van der Waals surface area (Å²) in [6.07, 6.45) is 0.231. The summed E-state index contributed by atoms with van der Waals surface area (Å²) in [5, 5.41) is 13.8. The summed E-state index contributed by atoms with van der Waals surface area (Å²) in [7, 11) is 0. The van der Waals surface area contributed by atoms with Crippen molar-refractivity contribution in [3.05, 3.63) is 59.4 Å². The largest absolute Gasteiger partial charge is 0.416 e. The second kappa shape index (κ2) is 6.15. The van der Waals surface area contributed by atoms with Gasteiger partial charge < -0.3 is 0 Å². The van der Waals surface area contributed by atoms with Gasteiger partial charge in [0.25, 0.3) is 0 Å². The molecule has 0 unspecified atom stereocenters. The highest BCUT2D eigenvalue weighted by Crippen LogP contribution is 2.29. The van der Waals surface area contributed by atoms with Gasteiger partial charge in [-0.15, -0.1) is 10.2 Å². The van der Waals surface area contributed by atoms with Crippen molar-refractivity contribution in [2.75, 3.05) is 0 Å². The molecule has 3 rings (SSSR count). The molecule has 0 spiro atoms. The number of hydrogen-bond acceptors (Lipinski definition) is 4. The number of hydrogen-bond donors (Lipinski definition) is 1.